The van der Waals surface area contributed by atoms with Crippen LogP contribution in [0.5, 0.6) is 5.75 Å². The van der Waals surface area contributed by atoms with Crippen LogP contribution in [-0.4, -0.2) is 45.5 Å². The Morgan fingerprint density at radius 3 is 2.67 bits per heavy atom. The van der Waals surface area contributed by atoms with Crippen LogP contribution in [0.3, 0.4) is 0 Å². The normalized spacial score (nSPS) is 11.7. The second-order valence-electron chi connectivity index (χ2n) is 5.37. The number of carbonyl (C=O) groups excluding carboxylic acids is 1. The predicted molar refractivity (Wildman–Crippen MR) is 100.0 cm³/mol. The standard InChI is InChI=1S/C17H17ClFN3O4S/c1-22(27(24,25)13-7-8-16(26-2)14(18)9-13)11-17(23)21-20-10-12-5-3-4-6-15(12)19/h3-10H,11H2,1-2H3,(H,21,23)/b20-10+. The van der Waals surface area contributed by atoms with E-state index in [1.165, 1.54) is 50.6 Å². The number of nitrogens with zero attached hydrogens (tertiary/aromatic N) is 2. The third-order valence-electron chi connectivity index (χ3n) is 3.50. The van der Waals surface area contributed by atoms with E-state index in [4.69, 9.17) is 16.3 Å². The maximum absolute atomic E-state index is 13.4. The van der Waals surface area contributed by atoms with Gasteiger partial charge in [-0.05, 0) is 24.3 Å². The molecule has 1 amide bonds. The van der Waals surface area contributed by atoms with Crippen molar-refractivity contribution in [1.29, 1.82) is 0 Å². The molecule has 0 spiro atoms. The summed E-state index contributed by atoms with van der Waals surface area (Å²) in [5.41, 5.74) is 2.34. The lowest BCUT2D eigenvalue weighted by molar-refractivity contribution is -0.121. The van der Waals surface area contributed by atoms with Crippen LogP contribution in [0.25, 0.3) is 0 Å². The second kappa shape index (κ2) is 8.94. The van der Waals surface area contributed by atoms with Crippen molar-refractivity contribution in [3.05, 3.63) is 58.9 Å². The highest BCUT2D eigenvalue weighted by Gasteiger charge is 2.23. The van der Waals surface area contributed by atoms with E-state index in [9.17, 15) is 17.6 Å². The van der Waals surface area contributed by atoms with E-state index < -0.39 is 28.3 Å². The van der Waals surface area contributed by atoms with Gasteiger partial charge in [-0.25, -0.2) is 18.2 Å². The lowest BCUT2D eigenvalue weighted by atomic mass is 10.2. The van der Waals surface area contributed by atoms with Crippen LogP contribution in [0.2, 0.25) is 5.02 Å². The fourth-order valence-electron chi connectivity index (χ4n) is 2.06. The summed E-state index contributed by atoms with van der Waals surface area (Å²) in [5, 5.41) is 3.75. The van der Waals surface area contributed by atoms with E-state index in [0.717, 1.165) is 10.5 Å². The Morgan fingerprint density at radius 1 is 1.33 bits per heavy atom. The molecule has 0 aliphatic rings. The second-order valence-corrected chi connectivity index (χ2v) is 7.82. The zero-order chi connectivity index (χ0) is 20.0. The van der Waals surface area contributed by atoms with Crippen molar-refractivity contribution in [2.45, 2.75) is 4.90 Å². The minimum atomic E-state index is -3.94. The maximum atomic E-state index is 13.4. The van der Waals surface area contributed by atoms with Crippen LogP contribution in [-0.2, 0) is 14.8 Å². The van der Waals surface area contributed by atoms with Crippen LogP contribution in [0, 0.1) is 5.82 Å². The molecule has 0 atom stereocenters. The molecule has 0 heterocycles. The van der Waals surface area contributed by atoms with Gasteiger partial charge in [0, 0.05) is 12.6 Å². The number of hydrazone groups is 1. The van der Waals surface area contributed by atoms with Crippen molar-refractivity contribution in [2.75, 3.05) is 20.7 Å². The van der Waals surface area contributed by atoms with E-state index in [1.807, 2.05) is 0 Å². The van der Waals surface area contributed by atoms with Gasteiger partial charge in [0.2, 0.25) is 10.0 Å². The Balaban J connectivity index is 2.02. The monoisotopic (exact) mass is 413 g/mol. The van der Waals surface area contributed by atoms with Gasteiger partial charge >= 0.3 is 0 Å². The molecule has 0 radical (unpaired) electrons. The molecule has 27 heavy (non-hydrogen) atoms. The van der Waals surface area contributed by atoms with Crippen LogP contribution >= 0.6 is 11.6 Å². The van der Waals surface area contributed by atoms with Gasteiger partial charge in [-0.15, -0.1) is 0 Å². The number of hydrogen-bond donors (Lipinski definition) is 1. The van der Waals surface area contributed by atoms with Crippen molar-refractivity contribution in [3.63, 3.8) is 0 Å². The Labute approximate surface area is 161 Å². The zero-order valence-corrected chi connectivity index (χ0v) is 16.1. The molecule has 2 aromatic carbocycles. The van der Waals surface area contributed by atoms with Crippen LogP contribution in [0.1, 0.15) is 5.56 Å². The SMILES string of the molecule is COc1ccc(S(=O)(=O)N(C)CC(=O)N/N=C/c2ccccc2F)cc1Cl. The van der Waals surface area contributed by atoms with Crippen LogP contribution in [0.4, 0.5) is 4.39 Å². The molecule has 2 rings (SSSR count). The number of nitrogens with one attached hydrogen (secondary N) is 1. The summed E-state index contributed by atoms with van der Waals surface area (Å²) in [5.74, 6) is -0.849. The Bertz CT molecular complexity index is 966. The highest BCUT2D eigenvalue weighted by molar-refractivity contribution is 7.89. The number of sulfonamides is 1. The van der Waals surface area contributed by atoms with Crippen molar-refractivity contribution < 1.29 is 22.3 Å². The minimum Gasteiger partial charge on any atom is -0.495 e. The van der Waals surface area contributed by atoms with Crippen LogP contribution in [0.15, 0.2) is 52.5 Å². The first-order valence-corrected chi connectivity index (χ1v) is 9.44. The zero-order valence-electron chi connectivity index (χ0n) is 14.5. The smallest absolute Gasteiger partial charge is 0.255 e. The van der Waals surface area contributed by atoms with Gasteiger partial charge in [0.05, 0.1) is 29.8 Å². The van der Waals surface area contributed by atoms with Crippen molar-refractivity contribution in [3.8, 4) is 5.75 Å². The number of halogens is 2. The van der Waals surface area contributed by atoms with Crippen molar-refractivity contribution in [1.82, 2.24) is 9.73 Å². The van der Waals surface area contributed by atoms with E-state index in [1.54, 1.807) is 6.07 Å². The van der Waals surface area contributed by atoms with Gasteiger partial charge < -0.3 is 4.74 Å². The lowest BCUT2D eigenvalue weighted by Crippen LogP contribution is -2.36. The van der Waals surface area contributed by atoms with E-state index in [-0.39, 0.29) is 15.5 Å². The fraction of sp³-hybridized carbons (Fsp3) is 0.176. The van der Waals surface area contributed by atoms with Gasteiger partial charge in [-0.1, -0.05) is 29.8 Å². The summed E-state index contributed by atoms with van der Waals surface area (Å²) >= 11 is 5.95. The number of likely N-dealkylation sites (N-methyl/N-ethyl adjacent to an activating group) is 1. The molecule has 0 fully saturated rings. The number of hydrogen-bond acceptors (Lipinski definition) is 5. The predicted octanol–water partition coefficient (Wildman–Crippen LogP) is 2.26. The van der Waals surface area contributed by atoms with Gasteiger partial charge in [0.25, 0.3) is 5.91 Å². The molecular weight excluding hydrogens is 397 g/mol. The summed E-state index contributed by atoms with van der Waals surface area (Å²) in [6.45, 7) is -0.486. The topological polar surface area (TPSA) is 88.1 Å². The van der Waals surface area contributed by atoms with Crippen molar-refractivity contribution >= 4 is 33.7 Å². The summed E-state index contributed by atoms with van der Waals surface area (Å²) in [7, 11) is -1.29. The van der Waals surface area contributed by atoms with Gasteiger partial charge in [0.15, 0.2) is 0 Å². The number of ether oxygens (including phenoxy) is 1. The number of benzene rings is 2. The Hall–Kier alpha value is -2.49. The first-order chi connectivity index (χ1) is 12.8. The quantitative estimate of drug-likeness (QED) is 0.557. The molecule has 0 aromatic heterocycles. The first kappa shape index (κ1) is 20.8. The number of rotatable bonds is 7. The third kappa shape index (κ3) is 5.25. The van der Waals surface area contributed by atoms with Crippen LogP contribution < -0.4 is 10.2 Å². The molecule has 1 N–H and O–H groups in total. The molecule has 7 nitrogen and oxygen atoms in total. The summed E-state index contributed by atoms with van der Waals surface area (Å²) < 4.78 is 44.3. The van der Waals surface area contributed by atoms with Gasteiger partial charge in [-0.2, -0.15) is 9.41 Å². The highest BCUT2D eigenvalue weighted by Crippen LogP contribution is 2.27. The molecule has 0 aliphatic heterocycles. The van der Waals surface area contributed by atoms with E-state index in [2.05, 4.69) is 10.5 Å². The molecule has 0 bridgehead atoms. The average molecular weight is 414 g/mol. The van der Waals surface area contributed by atoms with Crippen molar-refractivity contribution in [2.24, 2.45) is 5.10 Å². The molecule has 0 aliphatic carbocycles. The largest absolute Gasteiger partial charge is 0.495 e. The highest BCUT2D eigenvalue weighted by atomic mass is 35.5. The summed E-state index contributed by atoms with van der Waals surface area (Å²) in [6, 6.07) is 9.86. The van der Waals surface area contributed by atoms with E-state index >= 15 is 0 Å². The number of methoxy groups -OCH3 is 1. The van der Waals surface area contributed by atoms with Gasteiger partial charge in [0.1, 0.15) is 11.6 Å². The molecule has 0 unspecified atom stereocenters. The summed E-state index contributed by atoms with van der Waals surface area (Å²) in [4.78, 5) is 11.8. The molecule has 10 heteroatoms. The average Bonchev–Trinajstić information content (AvgIpc) is 2.63. The minimum absolute atomic E-state index is 0.0848. The first-order valence-electron chi connectivity index (χ1n) is 7.62. The molecule has 0 saturated heterocycles. The molecule has 2 aromatic rings. The van der Waals surface area contributed by atoms with E-state index in [0.29, 0.717) is 5.75 Å². The maximum Gasteiger partial charge on any atom is 0.255 e. The molecular formula is C17H17ClFN3O4S. The Kier molecular flexibility index (Phi) is 6.89. The Morgan fingerprint density at radius 2 is 2.04 bits per heavy atom. The van der Waals surface area contributed by atoms with Gasteiger partial charge in [-0.3, -0.25) is 4.79 Å². The number of carbonyl (C=O) groups is 1. The third-order valence-corrected chi connectivity index (χ3v) is 5.59. The molecule has 144 valence electrons. The summed E-state index contributed by atoms with van der Waals surface area (Å²) in [6.07, 6.45) is 1.13. The fourth-order valence-corrected chi connectivity index (χ4v) is 3.54. The molecule has 0 saturated carbocycles. The number of amides is 1. The lowest BCUT2D eigenvalue weighted by Gasteiger charge is -2.16.